The number of hydrogen-bond donors (Lipinski definition) is 2. The molecule has 0 aromatic carbocycles. The summed E-state index contributed by atoms with van der Waals surface area (Å²) < 4.78 is 13.5. The molecule has 5 rings (SSSR count). The quantitative estimate of drug-likeness (QED) is 0.449. The van der Waals surface area contributed by atoms with Gasteiger partial charge in [-0.05, 0) is 43.9 Å². The van der Waals surface area contributed by atoms with E-state index in [1.165, 1.54) is 0 Å². The lowest BCUT2D eigenvalue weighted by atomic mass is 10.0. The maximum absolute atomic E-state index is 6.16. The molecule has 3 aromatic heterocycles. The van der Waals surface area contributed by atoms with Gasteiger partial charge in [-0.3, -0.25) is 4.98 Å². The number of hydrogen-bond acceptors (Lipinski definition) is 8. The fourth-order valence-corrected chi connectivity index (χ4v) is 4.99. The molecule has 33 heavy (non-hydrogen) atoms. The zero-order valence-corrected chi connectivity index (χ0v) is 19.5. The molecule has 0 saturated carbocycles. The number of nitrogens with zero attached hydrogens (tertiary/aromatic N) is 5. The normalized spacial score (nSPS) is 18.7. The zero-order valence-electron chi connectivity index (χ0n) is 19.5. The van der Waals surface area contributed by atoms with Crippen LogP contribution in [0, 0.1) is 5.92 Å². The maximum atomic E-state index is 6.16. The monoisotopic (exact) mass is 451 g/mol. The number of aromatic nitrogens is 3. The average Bonchev–Trinajstić information content (AvgIpc) is 3.12. The second-order valence-corrected chi connectivity index (χ2v) is 9.04. The molecule has 3 aromatic rings. The van der Waals surface area contributed by atoms with Gasteiger partial charge in [0, 0.05) is 62.7 Å². The van der Waals surface area contributed by atoms with E-state index in [2.05, 4.69) is 27.7 Å². The van der Waals surface area contributed by atoms with Gasteiger partial charge in [0.05, 0.1) is 29.9 Å². The highest BCUT2D eigenvalue weighted by atomic mass is 16.5. The number of pyridine rings is 2. The van der Waals surface area contributed by atoms with Crippen LogP contribution >= 0.6 is 0 Å². The van der Waals surface area contributed by atoms with Gasteiger partial charge in [-0.2, -0.15) is 0 Å². The molecular formula is C24H33N7O2. The maximum Gasteiger partial charge on any atom is 0.145 e. The molecule has 0 radical (unpaired) electrons. The van der Waals surface area contributed by atoms with Crippen LogP contribution in [0.5, 0.6) is 0 Å². The minimum atomic E-state index is 0.540. The predicted octanol–water partition coefficient (Wildman–Crippen LogP) is 2.30. The van der Waals surface area contributed by atoms with Crippen molar-refractivity contribution in [2.45, 2.75) is 26.3 Å². The van der Waals surface area contributed by atoms with Gasteiger partial charge in [-0.25, -0.2) is 10.8 Å². The highest BCUT2D eigenvalue weighted by Gasteiger charge is 2.22. The van der Waals surface area contributed by atoms with Gasteiger partial charge in [-0.15, -0.1) is 0 Å². The van der Waals surface area contributed by atoms with Crippen LogP contribution in [-0.2, 0) is 16.0 Å². The number of ether oxygens (including phenoxy) is 2. The molecule has 0 atom stereocenters. The highest BCUT2D eigenvalue weighted by Crippen LogP contribution is 2.32. The summed E-state index contributed by atoms with van der Waals surface area (Å²) in [4.78, 5) is 12.3. The Morgan fingerprint density at radius 2 is 1.88 bits per heavy atom. The first-order chi connectivity index (χ1) is 16.0. The summed E-state index contributed by atoms with van der Waals surface area (Å²) >= 11 is 0. The van der Waals surface area contributed by atoms with Crippen molar-refractivity contribution in [3.8, 4) is 0 Å². The average molecular weight is 452 g/mol. The van der Waals surface area contributed by atoms with Crippen molar-refractivity contribution in [2.75, 3.05) is 51.5 Å². The van der Waals surface area contributed by atoms with Crippen LogP contribution in [-0.4, -0.2) is 66.1 Å². The SMILES string of the molecule is C/C(N)=C(\c1cnc2c3ccc(N4CCOCC4)nc3n(CC3CCOCC3)c2c1)N(C)N. The van der Waals surface area contributed by atoms with E-state index in [1.54, 1.807) is 12.1 Å². The van der Waals surface area contributed by atoms with Crippen molar-refractivity contribution in [3.05, 3.63) is 35.7 Å². The molecule has 2 aliphatic rings. The Morgan fingerprint density at radius 1 is 1.15 bits per heavy atom. The van der Waals surface area contributed by atoms with Crippen LogP contribution < -0.4 is 16.5 Å². The summed E-state index contributed by atoms with van der Waals surface area (Å²) in [6.45, 7) is 7.54. The summed E-state index contributed by atoms with van der Waals surface area (Å²) in [5.74, 6) is 7.63. The van der Waals surface area contributed by atoms with E-state index in [9.17, 15) is 0 Å². The van der Waals surface area contributed by atoms with E-state index >= 15 is 0 Å². The summed E-state index contributed by atoms with van der Waals surface area (Å²) in [7, 11) is 1.80. The number of nitrogens with two attached hydrogens (primary N) is 2. The van der Waals surface area contributed by atoms with Crippen LogP contribution in [0.25, 0.3) is 27.8 Å². The minimum Gasteiger partial charge on any atom is -0.401 e. The Labute approximate surface area is 193 Å². The second-order valence-electron chi connectivity index (χ2n) is 9.04. The molecule has 9 heteroatoms. The minimum absolute atomic E-state index is 0.540. The van der Waals surface area contributed by atoms with E-state index in [4.69, 9.17) is 31.0 Å². The van der Waals surface area contributed by atoms with Crippen LogP contribution in [0.1, 0.15) is 25.3 Å². The summed E-state index contributed by atoms with van der Waals surface area (Å²) in [5, 5.41) is 2.62. The molecule has 2 fully saturated rings. The molecule has 0 amide bonds. The number of rotatable bonds is 5. The number of morpholine rings is 1. The first-order valence-corrected chi connectivity index (χ1v) is 11.7. The Kier molecular flexibility index (Phi) is 6.09. The van der Waals surface area contributed by atoms with Crippen molar-refractivity contribution in [3.63, 3.8) is 0 Å². The lowest BCUT2D eigenvalue weighted by Gasteiger charge is -2.28. The van der Waals surface area contributed by atoms with Crippen molar-refractivity contribution >= 4 is 33.6 Å². The summed E-state index contributed by atoms with van der Waals surface area (Å²) in [6, 6.07) is 6.40. The molecular weight excluding hydrogens is 418 g/mol. The third-order valence-corrected chi connectivity index (χ3v) is 6.65. The highest BCUT2D eigenvalue weighted by molar-refractivity contribution is 6.05. The molecule has 9 nitrogen and oxygen atoms in total. The van der Waals surface area contributed by atoms with Gasteiger partial charge in [0.15, 0.2) is 0 Å². The third-order valence-electron chi connectivity index (χ3n) is 6.65. The molecule has 0 aliphatic carbocycles. The zero-order chi connectivity index (χ0) is 22.9. The van der Waals surface area contributed by atoms with E-state index in [0.29, 0.717) is 11.6 Å². The van der Waals surface area contributed by atoms with Gasteiger partial charge < -0.3 is 29.7 Å². The van der Waals surface area contributed by atoms with Crippen molar-refractivity contribution < 1.29 is 9.47 Å². The fourth-order valence-electron chi connectivity index (χ4n) is 4.99. The topological polar surface area (TPSA) is 108 Å². The summed E-state index contributed by atoms with van der Waals surface area (Å²) in [5.41, 5.74) is 11.5. The van der Waals surface area contributed by atoms with Crippen molar-refractivity contribution in [1.82, 2.24) is 19.5 Å². The van der Waals surface area contributed by atoms with E-state index in [-0.39, 0.29) is 0 Å². The summed E-state index contributed by atoms with van der Waals surface area (Å²) in [6.07, 6.45) is 3.96. The number of fused-ring (bicyclic) bond motifs is 3. The molecule has 5 heterocycles. The molecule has 0 bridgehead atoms. The van der Waals surface area contributed by atoms with Gasteiger partial charge in [-0.1, -0.05) is 0 Å². The van der Waals surface area contributed by atoms with Crippen LogP contribution in [0.15, 0.2) is 30.1 Å². The van der Waals surface area contributed by atoms with E-state index < -0.39 is 0 Å². The molecule has 0 spiro atoms. The molecule has 2 aliphatic heterocycles. The van der Waals surface area contributed by atoms with E-state index in [1.807, 2.05) is 13.1 Å². The van der Waals surface area contributed by atoms with Gasteiger partial charge in [0.2, 0.25) is 0 Å². The Hall–Kier alpha value is -2.88. The fraction of sp³-hybridized carbons (Fsp3) is 0.500. The van der Waals surface area contributed by atoms with Crippen LogP contribution in [0.4, 0.5) is 5.82 Å². The Balaban J connectivity index is 1.67. The first-order valence-electron chi connectivity index (χ1n) is 11.7. The number of allylic oxidation sites excluding steroid dienone is 1. The smallest absolute Gasteiger partial charge is 0.145 e. The lowest BCUT2D eigenvalue weighted by Crippen LogP contribution is -2.36. The van der Waals surface area contributed by atoms with Crippen molar-refractivity contribution in [1.29, 1.82) is 0 Å². The van der Waals surface area contributed by atoms with E-state index in [0.717, 1.165) is 98.0 Å². The first kappa shape index (κ1) is 21.9. The molecule has 0 unspecified atom stereocenters. The molecule has 2 saturated heterocycles. The van der Waals surface area contributed by atoms with Gasteiger partial charge in [0.1, 0.15) is 11.5 Å². The Bertz CT molecular complexity index is 1170. The largest absolute Gasteiger partial charge is 0.401 e. The predicted molar refractivity (Wildman–Crippen MR) is 130 cm³/mol. The van der Waals surface area contributed by atoms with Crippen LogP contribution in [0.2, 0.25) is 0 Å². The van der Waals surface area contributed by atoms with Gasteiger partial charge >= 0.3 is 0 Å². The molecule has 176 valence electrons. The third kappa shape index (κ3) is 4.23. The van der Waals surface area contributed by atoms with Gasteiger partial charge in [0.25, 0.3) is 0 Å². The van der Waals surface area contributed by atoms with Crippen molar-refractivity contribution in [2.24, 2.45) is 17.5 Å². The molecule has 4 N–H and O–H groups in total. The second kappa shape index (κ2) is 9.17. The lowest BCUT2D eigenvalue weighted by molar-refractivity contribution is 0.0619. The Morgan fingerprint density at radius 3 is 2.58 bits per heavy atom. The standard InChI is InChI=1S/C24H33N7O2/c1-16(25)23(29(2)26)18-13-20-22(27-14-18)19-3-4-21(30-7-11-33-12-8-30)28-24(19)31(20)15-17-5-9-32-10-6-17/h3-4,13-14,17H,5-12,15,25-26H2,1-2H3/b23-16-. The number of anilines is 1. The number of hydrazine groups is 1. The van der Waals surface area contributed by atoms with Crippen LogP contribution in [0.3, 0.4) is 0 Å².